The fourth-order valence-electron chi connectivity index (χ4n) is 1.68. The second-order valence-corrected chi connectivity index (χ2v) is 3.52. The molecule has 13 heavy (non-hydrogen) atoms. The summed E-state index contributed by atoms with van der Waals surface area (Å²) >= 11 is 0. The molecule has 0 aromatic rings. The molecular weight excluding hydrogens is 164 g/mol. The van der Waals surface area contributed by atoms with Crippen LogP contribution < -0.4 is 0 Å². The zero-order valence-corrected chi connectivity index (χ0v) is 8.34. The van der Waals surface area contributed by atoms with E-state index in [0.29, 0.717) is 6.10 Å². The van der Waals surface area contributed by atoms with Crippen LogP contribution in [-0.2, 0) is 9.47 Å². The van der Waals surface area contributed by atoms with Crippen LogP contribution in [0.4, 0.5) is 0 Å². The zero-order valence-electron chi connectivity index (χ0n) is 8.34. The van der Waals surface area contributed by atoms with Gasteiger partial charge >= 0.3 is 0 Å². The maximum absolute atomic E-state index is 5.62. The lowest BCUT2D eigenvalue weighted by molar-refractivity contribution is 0.00917. The lowest BCUT2D eigenvalue weighted by Crippen LogP contribution is -2.18. The SMILES string of the molecule is C=COCCCCC1CCCCO1. The number of hydrogen-bond acceptors (Lipinski definition) is 2. The first-order chi connectivity index (χ1) is 6.43. The summed E-state index contributed by atoms with van der Waals surface area (Å²) in [5, 5.41) is 0. The molecule has 1 saturated heterocycles. The minimum atomic E-state index is 0.525. The van der Waals surface area contributed by atoms with E-state index in [0.717, 1.165) is 19.6 Å². The minimum absolute atomic E-state index is 0.525. The predicted octanol–water partition coefficient (Wildman–Crippen LogP) is 2.89. The molecule has 0 aromatic carbocycles. The van der Waals surface area contributed by atoms with Crippen molar-refractivity contribution in [3.05, 3.63) is 12.8 Å². The highest BCUT2D eigenvalue weighted by molar-refractivity contribution is 4.63. The molecule has 0 bridgehead atoms. The average molecular weight is 184 g/mol. The van der Waals surface area contributed by atoms with Crippen LogP contribution in [0.5, 0.6) is 0 Å². The zero-order chi connectivity index (χ0) is 9.36. The molecule has 2 heteroatoms. The fourth-order valence-corrected chi connectivity index (χ4v) is 1.68. The van der Waals surface area contributed by atoms with Crippen molar-refractivity contribution in [2.75, 3.05) is 13.2 Å². The Kier molecular flexibility index (Phi) is 5.66. The van der Waals surface area contributed by atoms with E-state index in [4.69, 9.17) is 9.47 Å². The standard InChI is InChI=1S/C11H20O2/c1-2-12-9-5-3-7-11-8-4-6-10-13-11/h2,11H,1,3-10H2. The largest absolute Gasteiger partial charge is 0.502 e. The number of ether oxygens (including phenoxy) is 2. The minimum Gasteiger partial charge on any atom is -0.502 e. The molecule has 1 aliphatic heterocycles. The molecule has 0 unspecified atom stereocenters. The van der Waals surface area contributed by atoms with Crippen molar-refractivity contribution in [2.24, 2.45) is 0 Å². The highest BCUT2D eigenvalue weighted by Gasteiger charge is 2.12. The normalized spacial score (nSPS) is 22.6. The average Bonchev–Trinajstić information content (AvgIpc) is 2.19. The predicted molar refractivity (Wildman–Crippen MR) is 53.6 cm³/mol. The van der Waals surface area contributed by atoms with E-state index in [2.05, 4.69) is 6.58 Å². The smallest absolute Gasteiger partial charge is 0.0873 e. The molecule has 1 rings (SSSR count). The molecule has 0 radical (unpaired) electrons. The second-order valence-electron chi connectivity index (χ2n) is 3.52. The van der Waals surface area contributed by atoms with E-state index in [1.165, 1.54) is 38.4 Å². The van der Waals surface area contributed by atoms with Crippen LogP contribution >= 0.6 is 0 Å². The van der Waals surface area contributed by atoms with Gasteiger partial charge in [0.05, 0.1) is 19.0 Å². The molecule has 0 aromatic heterocycles. The van der Waals surface area contributed by atoms with Gasteiger partial charge in [0.1, 0.15) is 0 Å². The lowest BCUT2D eigenvalue weighted by atomic mass is 10.0. The molecule has 0 aliphatic carbocycles. The van der Waals surface area contributed by atoms with Gasteiger partial charge in [-0.2, -0.15) is 0 Å². The Balaban J connectivity index is 1.89. The maximum Gasteiger partial charge on any atom is 0.0873 e. The van der Waals surface area contributed by atoms with E-state index < -0.39 is 0 Å². The summed E-state index contributed by atoms with van der Waals surface area (Å²) < 4.78 is 10.7. The van der Waals surface area contributed by atoms with E-state index in [1.807, 2.05) is 0 Å². The van der Waals surface area contributed by atoms with E-state index in [9.17, 15) is 0 Å². The van der Waals surface area contributed by atoms with Gasteiger partial charge in [0.25, 0.3) is 0 Å². The highest BCUT2D eigenvalue weighted by Crippen LogP contribution is 2.17. The number of hydrogen-bond donors (Lipinski definition) is 0. The van der Waals surface area contributed by atoms with Gasteiger partial charge in [0.2, 0.25) is 0 Å². The van der Waals surface area contributed by atoms with E-state index in [-0.39, 0.29) is 0 Å². The van der Waals surface area contributed by atoms with Crippen LogP contribution in [0.15, 0.2) is 12.8 Å². The van der Waals surface area contributed by atoms with Crippen LogP contribution in [0.2, 0.25) is 0 Å². The van der Waals surface area contributed by atoms with Gasteiger partial charge < -0.3 is 9.47 Å². The van der Waals surface area contributed by atoms with Gasteiger partial charge in [-0.15, -0.1) is 0 Å². The Morgan fingerprint density at radius 1 is 1.38 bits per heavy atom. The van der Waals surface area contributed by atoms with Gasteiger partial charge in [-0.05, 0) is 38.5 Å². The maximum atomic E-state index is 5.62. The molecule has 0 spiro atoms. The summed E-state index contributed by atoms with van der Waals surface area (Å²) in [7, 11) is 0. The third-order valence-electron chi connectivity index (χ3n) is 2.43. The third-order valence-corrected chi connectivity index (χ3v) is 2.43. The first kappa shape index (κ1) is 10.6. The van der Waals surface area contributed by atoms with Gasteiger partial charge in [-0.3, -0.25) is 0 Å². The van der Waals surface area contributed by atoms with E-state index >= 15 is 0 Å². The Morgan fingerprint density at radius 2 is 2.31 bits per heavy atom. The monoisotopic (exact) mass is 184 g/mol. The summed E-state index contributed by atoms with van der Waals surface area (Å²) in [6.07, 6.45) is 9.39. The van der Waals surface area contributed by atoms with Crippen molar-refractivity contribution < 1.29 is 9.47 Å². The first-order valence-electron chi connectivity index (χ1n) is 5.27. The molecule has 0 saturated carbocycles. The quantitative estimate of drug-likeness (QED) is 0.467. The van der Waals surface area contributed by atoms with Gasteiger partial charge in [-0.25, -0.2) is 0 Å². The number of rotatable bonds is 6. The van der Waals surface area contributed by atoms with Crippen molar-refractivity contribution in [3.8, 4) is 0 Å². The summed E-state index contributed by atoms with van der Waals surface area (Å²) in [4.78, 5) is 0. The Hall–Kier alpha value is -0.500. The molecular formula is C11H20O2. The lowest BCUT2D eigenvalue weighted by Gasteiger charge is -2.22. The van der Waals surface area contributed by atoms with Crippen molar-refractivity contribution >= 4 is 0 Å². The molecule has 0 N–H and O–H groups in total. The topological polar surface area (TPSA) is 18.5 Å². The van der Waals surface area contributed by atoms with E-state index in [1.54, 1.807) is 0 Å². The molecule has 1 aliphatic rings. The molecule has 0 atom stereocenters. The molecule has 1 heterocycles. The van der Waals surface area contributed by atoms with Crippen LogP contribution in [0.25, 0.3) is 0 Å². The van der Waals surface area contributed by atoms with Crippen molar-refractivity contribution in [1.82, 2.24) is 0 Å². The number of unbranched alkanes of at least 4 members (excludes halogenated alkanes) is 1. The second kappa shape index (κ2) is 6.96. The van der Waals surface area contributed by atoms with Crippen LogP contribution in [0.3, 0.4) is 0 Å². The summed E-state index contributed by atoms with van der Waals surface area (Å²) in [6, 6.07) is 0. The van der Waals surface area contributed by atoms with Crippen LogP contribution in [0.1, 0.15) is 38.5 Å². The summed E-state index contributed by atoms with van der Waals surface area (Å²) in [6.45, 7) is 5.27. The van der Waals surface area contributed by atoms with Crippen LogP contribution in [0, 0.1) is 0 Å². The third kappa shape index (κ3) is 4.94. The Morgan fingerprint density at radius 3 is 3.00 bits per heavy atom. The summed E-state index contributed by atoms with van der Waals surface area (Å²) in [5.74, 6) is 0. The van der Waals surface area contributed by atoms with Crippen molar-refractivity contribution in [1.29, 1.82) is 0 Å². The van der Waals surface area contributed by atoms with Crippen LogP contribution in [-0.4, -0.2) is 19.3 Å². The fraction of sp³-hybridized carbons (Fsp3) is 0.818. The molecule has 1 fully saturated rings. The van der Waals surface area contributed by atoms with Crippen molar-refractivity contribution in [2.45, 2.75) is 44.6 Å². The first-order valence-corrected chi connectivity index (χ1v) is 5.27. The Bertz CT molecular complexity index is 128. The van der Waals surface area contributed by atoms with Crippen molar-refractivity contribution in [3.63, 3.8) is 0 Å². The molecule has 0 amide bonds. The summed E-state index contributed by atoms with van der Waals surface area (Å²) in [5.41, 5.74) is 0. The van der Waals surface area contributed by atoms with Gasteiger partial charge in [0, 0.05) is 6.61 Å². The van der Waals surface area contributed by atoms with Gasteiger partial charge in [-0.1, -0.05) is 6.58 Å². The highest BCUT2D eigenvalue weighted by atomic mass is 16.5. The molecule has 76 valence electrons. The van der Waals surface area contributed by atoms with Gasteiger partial charge in [0.15, 0.2) is 0 Å². The Labute approximate surface area is 80.9 Å². The molecule has 2 nitrogen and oxygen atoms in total.